The van der Waals surface area contributed by atoms with Gasteiger partial charge in [-0.1, -0.05) is 24.1 Å². The molecular formula is C21H17F3N2O. The Balaban J connectivity index is 2.10. The van der Waals surface area contributed by atoms with Crippen molar-refractivity contribution in [3.05, 3.63) is 64.4 Å². The number of phenolic OH excluding ortho intramolecular Hbond substituents is 1. The van der Waals surface area contributed by atoms with E-state index in [1.165, 1.54) is 18.2 Å². The van der Waals surface area contributed by atoms with Crippen LogP contribution in [0.3, 0.4) is 0 Å². The summed E-state index contributed by atoms with van der Waals surface area (Å²) in [7, 11) is 0. The smallest absolute Gasteiger partial charge is 0.412 e. The third kappa shape index (κ3) is 3.19. The van der Waals surface area contributed by atoms with Crippen LogP contribution in [0.15, 0.2) is 58.8 Å². The van der Waals surface area contributed by atoms with Crippen LogP contribution in [0.5, 0.6) is 5.75 Å². The van der Waals surface area contributed by atoms with Crippen molar-refractivity contribution in [2.75, 3.05) is 6.54 Å². The van der Waals surface area contributed by atoms with Crippen LogP contribution in [0.2, 0.25) is 0 Å². The van der Waals surface area contributed by atoms with Crippen molar-refractivity contribution in [2.24, 2.45) is 0 Å². The molecule has 1 N–H and O–H groups in total. The highest BCUT2D eigenvalue weighted by Gasteiger charge is 2.50. The van der Waals surface area contributed by atoms with Crippen LogP contribution in [-0.2, 0) is 0 Å². The van der Waals surface area contributed by atoms with Gasteiger partial charge < -0.3 is 10.0 Å². The van der Waals surface area contributed by atoms with Gasteiger partial charge in [0.05, 0.1) is 11.1 Å². The summed E-state index contributed by atoms with van der Waals surface area (Å²) in [6.07, 6.45) is -2.21. The molecule has 0 bridgehead atoms. The minimum Gasteiger partial charge on any atom is -0.508 e. The first-order chi connectivity index (χ1) is 12.7. The predicted octanol–water partition coefficient (Wildman–Crippen LogP) is 4.43. The molecule has 1 aliphatic heterocycles. The molecular weight excluding hydrogens is 353 g/mol. The molecule has 0 amide bonds. The van der Waals surface area contributed by atoms with Crippen LogP contribution in [0.4, 0.5) is 13.2 Å². The maximum absolute atomic E-state index is 13.2. The highest BCUT2D eigenvalue weighted by molar-refractivity contribution is 5.64. The van der Waals surface area contributed by atoms with E-state index in [4.69, 9.17) is 0 Å². The van der Waals surface area contributed by atoms with Gasteiger partial charge in [0, 0.05) is 24.1 Å². The lowest BCUT2D eigenvalue weighted by molar-refractivity contribution is -0.0970. The number of aromatic hydroxyl groups is 1. The Bertz CT molecular complexity index is 983. The lowest BCUT2D eigenvalue weighted by atomic mass is 9.79. The summed E-state index contributed by atoms with van der Waals surface area (Å²) < 4.78 is 39.7. The molecule has 6 heteroatoms. The molecule has 1 aliphatic carbocycles. The third-order valence-electron chi connectivity index (χ3n) is 4.90. The zero-order chi connectivity index (χ0) is 19.8. The summed E-state index contributed by atoms with van der Waals surface area (Å²) in [4.78, 5) is 1.76. The number of halogens is 3. The zero-order valence-electron chi connectivity index (χ0n) is 14.9. The molecule has 0 saturated carbocycles. The quantitative estimate of drug-likeness (QED) is 0.744. The number of allylic oxidation sites excluding steroid dienone is 3. The van der Waals surface area contributed by atoms with E-state index in [0.29, 0.717) is 29.0 Å². The molecule has 2 aliphatic rings. The molecule has 0 fully saturated rings. The van der Waals surface area contributed by atoms with Gasteiger partial charge in [0.2, 0.25) is 0 Å². The minimum atomic E-state index is -4.41. The van der Waals surface area contributed by atoms with Gasteiger partial charge in [-0.15, -0.1) is 0 Å². The van der Waals surface area contributed by atoms with Crippen LogP contribution < -0.4 is 0 Å². The number of fused-ring (bicyclic) bond motifs is 1. The minimum absolute atomic E-state index is 0.0671. The lowest BCUT2D eigenvalue weighted by Gasteiger charge is -2.40. The fourth-order valence-electron chi connectivity index (χ4n) is 3.65. The van der Waals surface area contributed by atoms with Crippen LogP contribution in [-0.4, -0.2) is 28.3 Å². The molecule has 1 aromatic carbocycles. The Morgan fingerprint density at radius 2 is 2.00 bits per heavy atom. The van der Waals surface area contributed by atoms with E-state index < -0.39 is 17.3 Å². The number of hydrogen-bond acceptors (Lipinski definition) is 3. The molecule has 138 valence electrons. The van der Waals surface area contributed by atoms with Crippen molar-refractivity contribution < 1.29 is 18.3 Å². The molecule has 1 aromatic rings. The van der Waals surface area contributed by atoms with Crippen LogP contribution >= 0.6 is 0 Å². The first-order valence-electron chi connectivity index (χ1n) is 8.42. The van der Waals surface area contributed by atoms with Gasteiger partial charge >= 0.3 is 6.18 Å². The number of benzene rings is 1. The Hall–Kier alpha value is -3.12. The molecule has 0 spiro atoms. The average molecular weight is 370 g/mol. The van der Waals surface area contributed by atoms with E-state index in [0.717, 1.165) is 6.08 Å². The molecule has 0 saturated heterocycles. The lowest BCUT2D eigenvalue weighted by Crippen LogP contribution is -2.45. The summed E-state index contributed by atoms with van der Waals surface area (Å²) in [6, 6.07) is 8.47. The number of nitrogens with zero attached hydrogens (tertiary/aromatic N) is 2. The van der Waals surface area contributed by atoms with Crippen molar-refractivity contribution in [2.45, 2.75) is 32.0 Å². The number of rotatable bonds is 1. The van der Waals surface area contributed by atoms with Gasteiger partial charge in [-0.2, -0.15) is 18.4 Å². The second-order valence-electron chi connectivity index (χ2n) is 6.60. The van der Waals surface area contributed by atoms with Crippen LogP contribution in [0.25, 0.3) is 0 Å². The first-order valence-corrected chi connectivity index (χ1v) is 8.42. The average Bonchev–Trinajstić information content (AvgIpc) is 2.85. The van der Waals surface area contributed by atoms with E-state index in [2.05, 4.69) is 17.9 Å². The number of likely N-dealkylation sites (N-methyl/N-ethyl adjacent to an activating group) is 1. The fourth-order valence-corrected chi connectivity index (χ4v) is 3.65. The predicted molar refractivity (Wildman–Crippen MR) is 95.2 cm³/mol. The van der Waals surface area contributed by atoms with E-state index >= 15 is 0 Å². The van der Waals surface area contributed by atoms with Crippen molar-refractivity contribution in [1.29, 1.82) is 5.26 Å². The van der Waals surface area contributed by atoms with Gasteiger partial charge in [0.15, 0.2) is 0 Å². The molecule has 1 atom stereocenters. The standard InChI is InChI=1S/C21H17F3N2O/c1-3-26-19(10-7-14-5-4-6-16(27)11-14)17(13-25)18-9-8-15(21(22,23)24)12-20(18,26)2/h4-6,8-9,11,27H,3,12H2,1-2H3. The molecule has 0 aromatic heterocycles. The second-order valence-corrected chi connectivity index (χ2v) is 6.60. The molecule has 1 unspecified atom stereocenters. The van der Waals surface area contributed by atoms with Gasteiger partial charge in [-0.25, -0.2) is 0 Å². The highest BCUT2D eigenvalue weighted by Crippen LogP contribution is 2.49. The largest absolute Gasteiger partial charge is 0.508 e. The molecule has 27 heavy (non-hydrogen) atoms. The van der Waals surface area contributed by atoms with Crippen molar-refractivity contribution in [1.82, 2.24) is 4.90 Å². The third-order valence-corrected chi connectivity index (χ3v) is 4.90. The first kappa shape index (κ1) is 18.7. The van der Waals surface area contributed by atoms with Crippen molar-refractivity contribution in [3.8, 4) is 23.7 Å². The van der Waals surface area contributed by atoms with Crippen molar-refractivity contribution >= 4 is 0 Å². The Morgan fingerprint density at radius 3 is 2.59 bits per heavy atom. The normalized spacial score (nSPS) is 21.7. The molecule has 0 radical (unpaired) electrons. The SMILES string of the molecule is CCN1C(C#Cc2cccc(O)c2)=C(C#N)C2=CC=C(C(F)(F)F)CC21C. The molecule has 1 heterocycles. The van der Waals surface area contributed by atoms with E-state index in [1.54, 1.807) is 24.0 Å². The monoisotopic (exact) mass is 370 g/mol. The number of nitriles is 1. The maximum atomic E-state index is 13.2. The highest BCUT2D eigenvalue weighted by atomic mass is 19.4. The van der Waals surface area contributed by atoms with Crippen LogP contribution in [0, 0.1) is 23.2 Å². The van der Waals surface area contributed by atoms with Gasteiger partial charge in [-0.05, 0) is 43.5 Å². The van der Waals surface area contributed by atoms with E-state index in [9.17, 15) is 23.5 Å². The molecule has 3 nitrogen and oxygen atoms in total. The summed E-state index contributed by atoms with van der Waals surface area (Å²) in [6.45, 7) is 3.94. The second kappa shape index (κ2) is 6.55. The summed E-state index contributed by atoms with van der Waals surface area (Å²) in [5.41, 5.74) is 0.228. The van der Waals surface area contributed by atoms with Gasteiger partial charge in [-0.3, -0.25) is 0 Å². The Morgan fingerprint density at radius 1 is 1.26 bits per heavy atom. The number of alkyl halides is 3. The maximum Gasteiger partial charge on any atom is 0.412 e. The zero-order valence-corrected chi connectivity index (χ0v) is 14.9. The molecule has 3 rings (SSSR count). The summed E-state index contributed by atoms with van der Waals surface area (Å²) in [5, 5.41) is 19.2. The fraction of sp³-hybridized carbons (Fsp3) is 0.286. The topological polar surface area (TPSA) is 47.3 Å². The number of hydrogen-bond donors (Lipinski definition) is 1. The van der Waals surface area contributed by atoms with E-state index in [-0.39, 0.29) is 12.2 Å². The van der Waals surface area contributed by atoms with Crippen LogP contribution in [0.1, 0.15) is 25.8 Å². The van der Waals surface area contributed by atoms with E-state index in [1.807, 2.05) is 6.92 Å². The summed E-state index contributed by atoms with van der Waals surface area (Å²) in [5.74, 6) is 5.90. The Kier molecular flexibility index (Phi) is 4.53. The summed E-state index contributed by atoms with van der Waals surface area (Å²) >= 11 is 0. The van der Waals surface area contributed by atoms with Gasteiger partial charge in [0.25, 0.3) is 0 Å². The number of phenols is 1. The van der Waals surface area contributed by atoms with Gasteiger partial charge in [0.1, 0.15) is 17.5 Å². The van der Waals surface area contributed by atoms with Crippen molar-refractivity contribution in [3.63, 3.8) is 0 Å². The Labute approximate surface area is 155 Å².